The Bertz CT molecular complexity index is 1090. The molecule has 2 aromatic rings. The molecule has 1 aliphatic heterocycles. The highest BCUT2D eigenvalue weighted by Gasteiger charge is 2.41. The van der Waals surface area contributed by atoms with Crippen LogP contribution in [-0.2, 0) is 14.4 Å². The Hall–Kier alpha value is -3.51. The number of hydrogen-bond donors (Lipinski definition) is 2. The molecule has 0 saturated carbocycles. The number of nitrogens with two attached hydrogens (primary N) is 1. The number of primary amides is 1. The smallest absolute Gasteiger partial charge is 0.327 e. The number of amides is 2. The third-order valence-electron chi connectivity index (χ3n) is 4.08. The molecule has 0 aliphatic carbocycles. The molecule has 154 valence electrons. The van der Waals surface area contributed by atoms with Gasteiger partial charge in [0.1, 0.15) is 21.9 Å². The van der Waals surface area contributed by atoms with E-state index in [1.54, 1.807) is 12.1 Å². The average molecular weight is 447 g/mol. The molecule has 3 rings (SSSR count). The highest BCUT2D eigenvalue weighted by atomic mass is 32.2. The fraction of sp³-hybridized carbons (Fsp3) is 0.111. The van der Waals surface area contributed by atoms with Gasteiger partial charge in [0.2, 0.25) is 5.91 Å². The predicted molar refractivity (Wildman–Crippen MR) is 111 cm³/mol. The van der Waals surface area contributed by atoms with Crippen LogP contribution in [0.1, 0.15) is 12.2 Å². The van der Waals surface area contributed by atoms with E-state index in [1.165, 1.54) is 30.3 Å². The number of carbonyl (C=O) groups is 3. The minimum absolute atomic E-state index is 0.0120. The first-order valence-electron chi connectivity index (χ1n) is 8.30. The van der Waals surface area contributed by atoms with Crippen molar-refractivity contribution in [3.05, 3.63) is 57.2 Å². The molecule has 0 radical (unpaired) electrons. The number of aliphatic carboxylic acids is 1. The second-order valence-electron chi connectivity index (χ2n) is 6.08. The average Bonchev–Trinajstić information content (AvgIpc) is 3.25. The van der Waals surface area contributed by atoms with Crippen LogP contribution in [0.3, 0.4) is 0 Å². The second-order valence-corrected chi connectivity index (χ2v) is 7.76. The van der Waals surface area contributed by atoms with Gasteiger partial charge in [-0.1, -0.05) is 24.0 Å². The quantitative estimate of drug-likeness (QED) is 0.281. The third-order valence-corrected chi connectivity index (χ3v) is 5.41. The highest BCUT2D eigenvalue weighted by molar-refractivity contribution is 8.26. The van der Waals surface area contributed by atoms with E-state index >= 15 is 0 Å². The normalized spacial score (nSPS) is 16.1. The summed E-state index contributed by atoms with van der Waals surface area (Å²) in [4.78, 5) is 46.5. The third kappa shape index (κ3) is 4.39. The monoisotopic (exact) mass is 447 g/mol. The molecule has 1 aromatic carbocycles. The van der Waals surface area contributed by atoms with E-state index in [9.17, 15) is 29.6 Å². The van der Waals surface area contributed by atoms with Crippen LogP contribution in [0.25, 0.3) is 17.4 Å². The summed E-state index contributed by atoms with van der Waals surface area (Å²) in [7, 11) is 0. The highest BCUT2D eigenvalue weighted by Crippen LogP contribution is 2.35. The van der Waals surface area contributed by atoms with Crippen LogP contribution in [0, 0.1) is 10.1 Å². The molecule has 3 N–H and O–H groups in total. The van der Waals surface area contributed by atoms with E-state index in [0.717, 1.165) is 16.7 Å². The van der Waals surface area contributed by atoms with Gasteiger partial charge in [-0.05, 0) is 24.3 Å². The summed E-state index contributed by atoms with van der Waals surface area (Å²) < 4.78 is 5.65. The molecule has 0 spiro atoms. The molecular formula is C18H13N3O7S2. The maximum Gasteiger partial charge on any atom is 0.327 e. The van der Waals surface area contributed by atoms with Gasteiger partial charge in [0, 0.05) is 23.8 Å². The number of benzene rings is 1. The minimum atomic E-state index is -1.49. The van der Waals surface area contributed by atoms with Gasteiger partial charge in [-0.3, -0.25) is 24.6 Å². The fourth-order valence-corrected chi connectivity index (χ4v) is 4.03. The number of non-ortho nitro benzene ring substituents is 1. The number of nitro groups is 1. The first kappa shape index (κ1) is 21.2. The zero-order valence-corrected chi connectivity index (χ0v) is 16.6. The summed E-state index contributed by atoms with van der Waals surface area (Å²) in [5.41, 5.74) is 5.61. The molecule has 1 fully saturated rings. The number of hydrogen-bond acceptors (Lipinski definition) is 8. The summed E-state index contributed by atoms with van der Waals surface area (Å²) >= 11 is 5.98. The lowest BCUT2D eigenvalue weighted by Gasteiger charge is -2.21. The summed E-state index contributed by atoms with van der Waals surface area (Å²) in [5.74, 6) is -2.23. The lowest BCUT2D eigenvalue weighted by atomic mass is 10.1. The first-order chi connectivity index (χ1) is 14.2. The van der Waals surface area contributed by atoms with Crippen LogP contribution in [-0.4, -0.2) is 43.1 Å². The number of thiocarbonyl (C=S) groups is 1. The maximum absolute atomic E-state index is 12.7. The number of thioether (sulfide) groups is 1. The molecule has 1 aliphatic rings. The number of nitrogens with zero attached hydrogens (tertiary/aromatic N) is 2. The van der Waals surface area contributed by atoms with Crippen LogP contribution in [0.15, 0.2) is 45.7 Å². The fourth-order valence-electron chi connectivity index (χ4n) is 2.69. The Kier molecular flexibility index (Phi) is 5.99. The van der Waals surface area contributed by atoms with Gasteiger partial charge < -0.3 is 15.3 Å². The van der Waals surface area contributed by atoms with Crippen molar-refractivity contribution in [3.8, 4) is 11.3 Å². The van der Waals surface area contributed by atoms with Crippen molar-refractivity contribution in [2.45, 2.75) is 12.5 Å². The van der Waals surface area contributed by atoms with Gasteiger partial charge >= 0.3 is 5.97 Å². The molecule has 2 heterocycles. The van der Waals surface area contributed by atoms with Crippen LogP contribution in [0.5, 0.6) is 0 Å². The zero-order chi connectivity index (χ0) is 22.0. The van der Waals surface area contributed by atoms with Crippen molar-refractivity contribution in [1.82, 2.24) is 4.90 Å². The summed E-state index contributed by atoms with van der Waals surface area (Å²) in [6, 6.07) is 7.46. The van der Waals surface area contributed by atoms with Crippen molar-refractivity contribution in [2.24, 2.45) is 5.73 Å². The van der Waals surface area contributed by atoms with Crippen LogP contribution >= 0.6 is 24.0 Å². The molecule has 30 heavy (non-hydrogen) atoms. The standard InChI is InChI=1S/C18H13N3O7S2/c19-15(22)8-12(17(24)25)20-16(23)14(30-18(20)29)7-11-5-6-13(28-11)9-1-3-10(4-2-9)21(26)27/h1-7,12H,8H2,(H2,19,22)(H,24,25)/b14-7+. The van der Waals surface area contributed by atoms with Crippen LogP contribution in [0.2, 0.25) is 0 Å². The molecule has 1 aromatic heterocycles. The van der Waals surface area contributed by atoms with Gasteiger partial charge in [0.25, 0.3) is 11.6 Å². The molecule has 12 heteroatoms. The Morgan fingerprint density at radius 3 is 2.53 bits per heavy atom. The predicted octanol–water partition coefficient (Wildman–Crippen LogP) is 2.38. The van der Waals surface area contributed by atoms with E-state index in [-0.39, 0.29) is 14.9 Å². The molecule has 1 unspecified atom stereocenters. The maximum atomic E-state index is 12.7. The van der Waals surface area contributed by atoms with E-state index < -0.39 is 35.2 Å². The van der Waals surface area contributed by atoms with E-state index in [0.29, 0.717) is 17.1 Å². The van der Waals surface area contributed by atoms with Gasteiger partial charge in [-0.2, -0.15) is 0 Å². The van der Waals surface area contributed by atoms with Crippen molar-refractivity contribution in [2.75, 3.05) is 0 Å². The Morgan fingerprint density at radius 2 is 1.97 bits per heavy atom. The number of carbonyl (C=O) groups excluding carboxylic acids is 2. The van der Waals surface area contributed by atoms with Crippen LogP contribution < -0.4 is 5.73 Å². The van der Waals surface area contributed by atoms with Crippen molar-refractivity contribution in [3.63, 3.8) is 0 Å². The number of carboxylic acids is 1. The van der Waals surface area contributed by atoms with Gasteiger partial charge in [-0.15, -0.1) is 0 Å². The number of rotatable bonds is 7. The first-order valence-corrected chi connectivity index (χ1v) is 9.52. The zero-order valence-electron chi connectivity index (χ0n) is 15.0. The SMILES string of the molecule is NC(=O)CC(C(=O)O)N1C(=O)/C(=C\c2ccc(-c3ccc([N+](=O)[O-])cc3)o2)SC1=S. The molecule has 1 saturated heterocycles. The minimum Gasteiger partial charge on any atom is -0.480 e. The molecule has 2 amide bonds. The van der Waals surface area contributed by atoms with Gasteiger partial charge in [0.05, 0.1) is 16.2 Å². The number of nitro benzene ring substituents is 1. The second kappa shape index (κ2) is 8.47. The summed E-state index contributed by atoms with van der Waals surface area (Å²) in [5, 5.41) is 20.1. The molecular weight excluding hydrogens is 434 g/mol. The largest absolute Gasteiger partial charge is 0.480 e. The lowest BCUT2D eigenvalue weighted by molar-refractivity contribution is -0.384. The van der Waals surface area contributed by atoms with E-state index in [2.05, 4.69) is 0 Å². The van der Waals surface area contributed by atoms with Crippen molar-refractivity contribution < 1.29 is 28.8 Å². The molecule has 10 nitrogen and oxygen atoms in total. The Balaban J connectivity index is 1.83. The topological polar surface area (TPSA) is 157 Å². The lowest BCUT2D eigenvalue weighted by Crippen LogP contribution is -2.46. The van der Waals surface area contributed by atoms with Gasteiger partial charge in [0.15, 0.2) is 0 Å². The van der Waals surface area contributed by atoms with Crippen molar-refractivity contribution >= 4 is 57.8 Å². The summed E-state index contributed by atoms with van der Waals surface area (Å²) in [6.07, 6.45) is 0.831. The van der Waals surface area contributed by atoms with E-state index in [4.69, 9.17) is 22.4 Å². The van der Waals surface area contributed by atoms with E-state index in [1.807, 2.05) is 0 Å². The van der Waals surface area contributed by atoms with Gasteiger partial charge in [-0.25, -0.2) is 4.79 Å². The summed E-state index contributed by atoms with van der Waals surface area (Å²) in [6.45, 7) is 0. The molecule has 1 atom stereocenters. The number of furan rings is 1. The van der Waals surface area contributed by atoms with Crippen molar-refractivity contribution in [1.29, 1.82) is 0 Å². The molecule has 0 bridgehead atoms. The van der Waals surface area contributed by atoms with Crippen LogP contribution in [0.4, 0.5) is 5.69 Å². The number of carboxylic acid groups (broad SMARTS) is 1. The Labute approximate surface area is 178 Å². The Morgan fingerprint density at radius 1 is 1.30 bits per heavy atom.